The van der Waals surface area contributed by atoms with E-state index in [1.807, 2.05) is 35.9 Å². The van der Waals surface area contributed by atoms with Crippen LogP contribution in [0.25, 0.3) is 0 Å². The number of carbonyl (C=O) groups is 1. The van der Waals surface area contributed by atoms with Gasteiger partial charge in [-0.15, -0.1) is 5.10 Å². The van der Waals surface area contributed by atoms with Gasteiger partial charge in [-0.1, -0.05) is 35.0 Å². The first-order valence-electron chi connectivity index (χ1n) is 7.43. The SMILES string of the molecule is Cc1ccc(CC(=O)c2cn(C3CCNCC3)nn2)cc1. The standard InChI is InChI=1S/C16H20N4O/c1-12-2-4-13(5-3-12)10-16(21)15-11-20(19-18-15)14-6-8-17-9-7-14/h2-5,11,14,17H,6-10H2,1H3. The molecule has 0 aliphatic carbocycles. The van der Waals surface area contributed by atoms with Gasteiger partial charge in [0.2, 0.25) is 0 Å². The fraction of sp³-hybridized carbons (Fsp3) is 0.438. The number of Topliss-reactive ketones (excluding diaryl/α,β-unsaturated/α-hetero) is 1. The Morgan fingerprint density at radius 3 is 2.71 bits per heavy atom. The fourth-order valence-electron chi connectivity index (χ4n) is 2.64. The summed E-state index contributed by atoms with van der Waals surface area (Å²) < 4.78 is 1.85. The monoisotopic (exact) mass is 284 g/mol. The molecule has 21 heavy (non-hydrogen) atoms. The van der Waals surface area contributed by atoms with Gasteiger partial charge in [-0.05, 0) is 38.4 Å². The van der Waals surface area contributed by atoms with Gasteiger partial charge in [0.05, 0.1) is 12.2 Å². The van der Waals surface area contributed by atoms with Gasteiger partial charge in [0.25, 0.3) is 0 Å². The van der Waals surface area contributed by atoms with Crippen LogP contribution in [0.3, 0.4) is 0 Å². The van der Waals surface area contributed by atoms with Crippen LogP contribution >= 0.6 is 0 Å². The largest absolute Gasteiger partial charge is 0.317 e. The molecule has 0 radical (unpaired) electrons. The minimum absolute atomic E-state index is 0.0269. The van der Waals surface area contributed by atoms with Gasteiger partial charge >= 0.3 is 0 Å². The van der Waals surface area contributed by atoms with Crippen molar-refractivity contribution in [3.8, 4) is 0 Å². The van der Waals surface area contributed by atoms with Crippen LogP contribution < -0.4 is 5.32 Å². The Labute approximate surface area is 124 Å². The van der Waals surface area contributed by atoms with Gasteiger partial charge in [-0.2, -0.15) is 0 Å². The van der Waals surface area contributed by atoms with Crippen LogP contribution in [0.1, 0.15) is 40.5 Å². The normalized spacial score (nSPS) is 16.0. The van der Waals surface area contributed by atoms with Gasteiger partial charge in [0.1, 0.15) is 5.69 Å². The lowest BCUT2D eigenvalue weighted by atomic mass is 10.1. The minimum atomic E-state index is 0.0269. The van der Waals surface area contributed by atoms with E-state index in [0.717, 1.165) is 31.5 Å². The van der Waals surface area contributed by atoms with Crippen LogP contribution in [-0.2, 0) is 6.42 Å². The summed E-state index contributed by atoms with van der Waals surface area (Å²) in [5.74, 6) is 0.0269. The van der Waals surface area contributed by atoms with Crippen molar-refractivity contribution in [1.29, 1.82) is 0 Å². The number of aryl methyl sites for hydroxylation is 1. The number of nitrogens with zero attached hydrogens (tertiary/aromatic N) is 3. The Hall–Kier alpha value is -2.01. The summed E-state index contributed by atoms with van der Waals surface area (Å²) in [5.41, 5.74) is 2.68. The number of carbonyl (C=O) groups excluding carboxylic acids is 1. The maximum atomic E-state index is 12.3. The van der Waals surface area contributed by atoms with Crippen LogP contribution in [0.15, 0.2) is 30.5 Å². The maximum Gasteiger partial charge on any atom is 0.189 e. The lowest BCUT2D eigenvalue weighted by Crippen LogP contribution is -2.29. The minimum Gasteiger partial charge on any atom is -0.317 e. The van der Waals surface area contributed by atoms with Crippen molar-refractivity contribution in [3.63, 3.8) is 0 Å². The maximum absolute atomic E-state index is 12.3. The van der Waals surface area contributed by atoms with Gasteiger partial charge in [0.15, 0.2) is 5.78 Å². The summed E-state index contributed by atoms with van der Waals surface area (Å²) in [5, 5.41) is 11.5. The molecule has 5 nitrogen and oxygen atoms in total. The van der Waals surface area contributed by atoms with E-state index in [9.17, 15) is 4.79 Å². The third-order valence-corrected chi connectivity index (χ3v) is 3.96. The van der Waals surface area contributed by atoms with Crippen molar-refractivity contribution in [2.75, 3.05) is 13.1 Å². The number of benzene rings is 1. The van der Waals surface area contributed by atoms with E-state index >= 15 is 0 Å². The van der Waals surface area contributed by atoms with E-state index < -0.39 is 0 Å². The van der Waals surface area contributed by atoms with E-state index in [1.165, 1.54) is 5.56 Å². The van der Waals surface area contributed by atoms with E-state index in [-0.39, 0.29) is 5.78 Å². The molecule has 0 atom stereocenters. The van der Waals surface area contributed by atoms with Gasteiger partial charge < -0.3 is 5.32 Å². The summed E-state index contributed by atoms with van der Waals surface area (Å²) >= 11 is 0. The van der Waals surface area contributed by atoms with Crippen LogP contribution in [0.2, 0.25) is 0 Å². The van der Waals surface area contributed by atoms with Crippen molar-refractivity contribution in [2.24, 2.45) is 0 Å². The first-order chi connectivity index (χ1) is 10.2. The zero-order chi connectivity index (χ0) is 14.7. The van der Waals surface area contributed by atoms with Crippen LogP contribution in [0.4, 0.5) is 0 Å². The van der Waals surface area contributed by atoms with Crippen LogP contribution in [0.5, 0.6) is 0 Å². The highest BCUT2D eigenvalue weighted by atomic mass is 16.1. The summed E-state index contributed by atoms with van der Waals surface area (Å²) in [6, 6.07) is 8.39. The number of piperidine rings is 1. The second-order valence-electron chi connectivity index (χ2n) is 5.65. The Morgan fingerprint density at radius 1 is 1.29 bits per heavy atom. The molecule has 1 aromatic heterocycles. The zero-order valence-electron chi connectivity index (χ0n) is 12.2. The van der Waals surface area contributed by atoms with Crippen molar-refractivity contribution in [2.45, 2.75) is 32.2 Å². The van der Waals surface area contributed by atoms with Crippen molar-refractivity contribution in [1.82, 2.24) is 20.3 Å². The van der Waals surface area contributed by atoms with Crippen molar-refractivity contribution in [3.05, 3.63) is 47.3 Å². The topological polar surface area (TPSA) is 59.8 Å². The lowest BCUT2D eigenvalue weighted by Gasteiger charge is -2.22. The summed E-state index contributed by atoms with van der Waals surface area (Å²) in [6.07, 6.45) is 4.25. The number of ketones is 1. The molecular formula is C16H20N4O. The molecule has 2 heterocycles. The molecule has 0 spiro atoms. The fourth-order valence-corrected chi connectivity index (χ4v) is 2.64. The van der Waals surface area contributed by atoms with Crippen LogP contribution in [-0.4, -0.2) is 33.9 Å². The predicted octanol–water partition coefficient (Wildman–Crippen LogP) is 1.94. The van der Waals surface area contributed by atoms with Crippen molar-refractivity contribution < 1.29 is 4.79 Å². The van der Waals surface area contributed by atoms with Gasteiger partial charge in [-0.3, -0.25) is 4.79 Å². The average molecular weight is 284 g/mol. The predicted molar refractivity (Wildman–Crippen MR) is 80.4 cm³/mol. The third-order valence-electron chi connectivity index (χ3n) is 3.96. The quantitative estimate of drug-likeness (QED) is 0.872. The summed E-state index contributed by atoms with van der Waals surface area (Å²) in [4.78, 5) is 12.3. The third kappa shape index (κ3) is 3.36. The highest BCUT2D eigenvalue weighted by Gasteiger charge is 2.18. The van der Waals surface area contributed by atoms with Crippen LogP contribution in [0, 0.1) is 6.92 Å². The van der Waals surface area contributed by atoms with Gasteiger partial charge in [-0.25, -0.2) is 4.68 Å². The number of hydrogen-bond acceptors (Lipinski definition) is 4. The number of hydrogen-bond donors (Lipinski definition) is 1. The molecule has 0 amide bonds. The molecule has 1 aliphatic heterocycles. The molecule has 1 aromatic carbocycles. The first kappa shape index (κ1) is 13.9. The molecular weight excluding hydrogens is 264 g/mol. The average Bonchev–Trinajstić information content (AvgIpc) is 3.00. The second kappa shape index (κ2) is 6.18. The summed E-state index contributed by atoms with van der Waals surface area (Å²) in [6.45, 7) is 4.03. The molecule has 0 unspecified atom stereocenters. The molecule has 2 aromatic rings. The molecule has 0 bridgehead atoms. The molecule has 1 N–H and O–H groups in total. The Balaban J connectivity index is 1.67. The van der Waals surface area contributed by atoms with E-state index in [4.69, 9.17) is 0 Å². The molecule has 5 heteroatoms. The number of rotatable bonds is 4. The number of aromatic nitrogens is 3. The smallest absolute Gasteiger partial charge is 0.189 e. The molecule has 1 aliphatic rings. The Bertz CT molecular complexity index is 611. The zero-order valence-corrected chi connectivity index (χ0v) is 12.2. The molecule has 1 fully saturated rings. The highest BCUT2D eigenvalue weighted by Crippen LogP contribution is 2.17. The molecule has 110 valence electrons. The second-order valence-corrected chi connectivity index (χ2v) is 5.65. The molecule has 3 rings (SSSR count). The number of nitrogens with one attached hydrogen (secondary N) is 1. The Kier molecular flexibility index (Phi) is 4.10. The van der Waals surface area contributed by atoms with Crippen molar-refractivity contribution >= 4 is 5.78 Å². The van der Waals surface area contributed by atoms with Gasteiger partial charge in [0, 0.05) is 6.42 Å². The molecule has 0 saturated carbocycles. The lowest BCUT2D eigenvalue weighted by molar-refractivity contribution is 0.0988. The van der Waals surface area contributed by atoms with E-state index in [1.54, 1.807) is 6.20 Å². The first-order valence-corrected chi connectivity index (χ1v) is 7.43. The highest BCUT2D eigenvalue weighted by molar-refractivity contribution is 5.95. The molecule has 1 saturated heterocycles. The summed E-state index contributed by atoms with van der Waals surface area (Å²) in [7, 11) is 0. The van der Waals surface area contributed by atoms with E-state index in [2.05, 4.69) is 15.6 Å². The Morgan fingerprint density at radius 2 is 2.00 bits per heavy atom. The van der Waals surface area contributed by atoms with E-state index in [0.29, 0.717) is 18.2 Å².